The number of hydrogen-bond acceptors (Lipinski definition) is 3. The minimum absolute atomic E-state index is 0.386. The summed E-state index contributed by atoms with van der Waals surface area (Å²) in [6.45, 7) is 4.02. The van der Waals surface area contributed by atoms with Crippen molar-refractivity contribution >= 4 is 21.4 Å². The Bertz CT molecular complexity index is 577. The van der Waals surface area contributed by atoms with Crippen LogP contribution in [0.15, 0.2) is 24.3 Å². The summed E-state index contributed by atoms with van der Waals surface area (Å²) in [6, 6.07) is 8.33. The summed E-state index contributed by atoms with van der Waals surface area (Å²) in [5.41, 5.74) is 1.20. The van der Waals surface area contributed by atoms with Crippen LogP contribution in [0, 0.1) is 0 Å². The minimum atomic E-state index is -3.04. The fraction of sp³-hybridized carbons (Fsp3) is 0.600. The second-order valence-corrected chi connectivity index (χ2v) is 9.36. The third-order valence-electron chi connectivity index (χ3n) is 4.30. The van der Waals surface area contributed by atoms with Crippen LogP contribution in [0.25, 0.3) is 0 Å². The molecule has 1 N–H and O–H groups in total. The molecule has 20 heavy (non-hydrogen) atoms. The summed E-state index contributed by atoms with van der Waals surface area (Å²) in [6.07, 6.45) is 3.33. The molecule has 0 heterocycles. The molecule has 2 rings (SSSR count). The average molecular weight is 316 g/mol. The molecule has 0 amide bonds. The molecule has 0 unspecified atom stereocenters. The van der Waals surface area contributed by atoms with Crippen molar-refractivity contribution in [2.75, 3.05) is 12.8 Å². The Morgan fingerprint density at radius 3 is 2.45 bits per heavy atom. The van der Waals surface area contributed by atoms with Crippen LogP contribution < -0.4 is 5.32 Å². The van der Waals surface area contributed by atoms with E-state index in [9.17, 15) is 8.42 Å². The van der Waals surface area contributed by atoms with Gasteiger partial charge in [-0.2, -0.15) is 0 Å². The van der Waals surface area contributed by atoms with Gasteiger partial charge >= 0.3 is 0 Å². The second-order valence-electron chi connectivity index (χ2n) is 6.30. The maximum absolute atomic E-state index is 11.6. The molecule has 0 aliphatic heterocycles. The van der Waals surface area contributed by atoms with Gasteiger partial charge in [0.2, 0.25) is 0 Å². The van der Waals surface area contributed by atoms with Crippen LogP contribution in [0.1, 0.15) is 38.2 Å². The maximum Gasteiger partial charge on any atom is 0.153 e. The van der Waals surface area contributed by atoms with Crippen LogP contribution in [0.3, 0.4) is 0 Å². The number of halogens is 1. The third kappa shape index (κ3) is 3.35. The molecular formula is C15H22ClNO2S. The zero-order chi connectivity index (χ0) is 15.0. The van der Waals surface area contributed by atoms with Gasteiger partial charge in [-0.15, -0.1) is 0 Å². The van der Waals surface area contributed by atoms with Crippen LogP contribution >= 0.6 is 11.6 Å². The van der Waals surface area contributed by atoms with Crippen LogP contribution in [0.5, 0.6) is 0 Å². The predicted octanol–water partition coefficient (Wildman–Crippen LogP) is 3.00. The van der Waals surface area contributed by atoms with E-state index in [2.05, 4.69) is 11.4 Å². The van der Waals surface area contributed by atoms with Gasteiger partial charge < -0.3 is 5.32 Å². The highest BCUT2D eigenvalue weighted by Crippen LogP contribution is 2.40. The SMILES string of the molecule is CC(C)(CNC1CC(c2ccccc2Cl)C1)S(C)(=O)=O. The molecule has 5 heteroatoms. The molecule has 0 spiro atoms. The van der Waals surface area contributed by atoms with Gasteiger partial charge in [-0.3, -0.25) is 0 Å². The monoisotopic (exact) mass is 315 g/mol. The van der Waals surface area contributed by atoms with Crippen molar-refractivity contribution in [3.05, 3.63) is 34.9 Å². The Hall–Kier alpha value is -0.580. The van der Waals surface area contributed by atoms with Gasteiger partial charge in [-0.25, -0.2) is 8.42 Å². The third-order valence-corrected chi connectivity index (χ3v) is 6.80. The largest absolute Gasteiger partial charge is 0.312 e. The van der Waals surface area contributed by atoms with E-state index in [0.29, 0.717) is 18.5 Å². The van der Waals surface area contributed by atoms with E-state index in [1.165, 1.54) is 11.8 Å². The van der Waals surface area contributed by atoms with Crippen LogP contribution in [0.4, 0.5) is 0 Å². The van der Waals surface area contributed by atoms with Crippen LogP contribution in [-0.4, -0.2) is 32.0 Å². The fourth-order valence-electron chi connectivity index (χ4n) is 2.37. The minimum Gasteiger partial charge on any atom is -0.312 e. The van der Waals surface area contributed by atoms with Gasteiger partial charge in [-0.1, -0.05) is 29.8 Å². The van der Waals surface area contributed by atoms with Gasteiger partial charge in [0.05, 0.1) is 4.75 Å². The predicted molar refractivity (Wildman–Crippen MR) is 84.1 cm³/mol. The van der Waals surface area contributed by atoms with Gasteiger partial charge in [-0.05, 0) is 44.2 Å². The lowest BCUT2D eigenvalue weighted by Crippen LogP contribution is -2.49. The molecule has 0 bridgehead atoms. The van der Waals surface area contributed by atoms with Gasteiger partial charge in [0.15, 0.2) is 9.84 Å². The van der Waals surface area contributed by atoms with Crippen molar-refractivity contribution in [3.63, 3.8) is 0 Å². The summed E-state index contributed by atoms with van der Waals surface area (Å²) in [5, 5.41) is 4.19. The Morgan fingerprint density at radius 2 is 1.90 bits per heavy atom. The Balaban J connectivity index is 1.85. The maximum atomic E-state index is 11.6. The van der Waals surface area contributed by atoms with Crippen LogP contribution in [-0.2, 0) is 9.84 Å². The first-order valence-electron chi connectivity index (χ1n) is 6.88. The van der Waals surface area contributed by atoms with Crippen molar-refractivity contribution in [2.45, 2.75) is 43.4 Å². The molecule has 0 atom stereocenters. The summed E-state index contributed by atoms with van der Waals surface area (Å²) < 4.78 is 22.6. The first-order chi connectivity index (χ1) is 9.21. The van der Waals surface area contributed by atoms with E-state index in [0.717, 1.165) is 17.9 Å². The molecule has 0 aromatic heterocycles. The van der Waals surface area contributed by atoms with E-state index < -0.39 is 14.6 Å². The van der Waals surface area contributed by atoms with Crippen molar-refractivity contribution in [1.82, 2.24) is 5.32 Å². The lowest BCUT2D eigenvalue weighted by atomic mass is 9.76. The molecule has 1 aromatic rings. The topological polar surface area (TPSA) is 46.2 Å². The number of rotatable bonds is 5. The summed E-state index contributed by atoms with van der Waals surface area (Å²) >= 11 is 6.19. The molecule has 1 saturated carbocycles. The highest BCUT2D eigenvalue weighted by atomic mass is 35.5. The zero-order valence-corrected chi connectivity index (χ0v) is 13.8. The fourth-order valence-corrected chi connectivity index (χ4v) is 3.00. The molecule has 112 valence electrons. The smallest absolute Gasteiger partial charge is 0.153 e. The highest BCUT2D eigenvalue weighted by Gasteiger charge is 2.35. The molecule has 0 saturated heterocycles. The van der Waals surface area contributed by atoms with Crippen LogP contribution in [0.2, 0.25) is 5.02 Å². The van der Waals surface area contributed by atoms with Gasteiger partial charge in [0, 0.05) is 23.9 Å². The van der Waals surface area contributed by atoms with Gasteiger partial charge in [0.1, 0.15) is 0 Å². The summed E-state index contributed by atoms with van der Waals surface area (Å²) in [4.78, 5) is 0. The number of benzene rings is 1. The van der Waals surface area contributed by atoms with Crippen molar-refractivity contribution in [2.24, 2.45) is 0 Å². The molecule has 0 radical (unpaired) electrons. The summed E-state index contributed by atoms with van der Waals surface area (Å²) in [5.74, 6) is 0.488. The normalized spacial score (nSPS) is 23.4. The molecular weight excluding hydrogens is 294 g/mol. The number of nitrogens with one attached hydrogen (secondary N) is 1. The van der Waals surface area contributed by atoms with E-state index in [-0.39, 0.29) is 0 Å². The Kier molecular flexibility index (Phi) is 4.47. The van der Waals surface area contributed by atoms with E-state index >= 15 is 0 Å². The van der Waals surface area contributed by atoms with Gasteiger partial charge in [0.25, 0.3) is 0 Å². The average Bonchev–Trinajstić information content (AvgIpc) is 2.27. The van der Waals surface area contributed by atoms with Crippen molar-refractivity contribution in [3.8, 4) is 0 Å². The molecule has 3 nitrogen and oxygen atoms in total. The van der Waals surface area contributed by atoms with E-state index in [4.69, 9.17) is 11.6 Å². The lowest BCUT2D eigenvalue weighted by molar-refractivity contribution is 0.284. The molecule has 1 fully saturated rings. The molecule has 1 aromatic carbocycles. The molecule has 1 aliphatic carbocycles. The van der Waals surface area contributed by atoms with Crippen molar-refractivity contribution in [1.29, 1.82) is 0 Å². The Labute approximate surface area is 126 Å². The second kappa shape index (κ2) is 5.66. The Morgan fingerprint density at radius 1 is 1.30 bits per heavy atom. The van der Waals surface area contributed by atoms with E-state index in [1.54, 1.807) is 13.8 Å². The summed E-state index contributed by atoms with van der Waals surface area (Å²) in [7, 11) is -3.04. The first kappa shape index (κ1) is 15.8. The lowest BCUT2D eigenvalue weighted by Gasteiger charge is -2.38. The van der Waals surface area contributed by atoms with Crippen molar-refractivity contribution < 1.29 is 8.42 Å². The zero-order valence-electron chi connectivity index (χ0n) is 12.2. The first-order valence-corrected chi connectivity index (χ1v) is 9.15. The molecule has 1 aliphatic rings. The number of hydrogen-bond donors (Lipinski definition) is 1. The van der Waals surface area contributed by atoms with E-state index in [1.807, 2.05) is 18.2 Å². The highest BCUT2D eigenvalue weighted by molar-refractivity contribution is 7.92. The quantitative estimate of drug-likeness (QED) is 0.908. The standard InChI is InChI=1S/C15H22ClNO2S/c1-15(2,20(3,18)19)10-17-12-8-11(9-12)13-6-4-5-7-14(13)16/h4-7,11-12,17H,8-10H2,1-3H3. The number of sulfone groups is 1.